The molecule has 2 heterocycles. The van der Waals surface area contributed by atoms with E-state index in [0.29, 0.717) is 11.4 Å². The van der Waals surface area contributed by atoms with E-state index in [1.165, 1.54) is 12.1 Å². The van der Waals surface area contributed by atoms with Crippen LogP contribution >= 0.6 is 0 Å². The number of rotatable bonds is 5. The highest BCUT2D eigenvalue weighted by atomic mass is 19.1. The van der Waals surface area contributed by atoms with Crippen LogP contribution in [0.4, 0.5) is 4.39 Å². The van der Waals surface area contributed by atoms with Gasteiger partial charge in [0.1, 0.15) is 23.8 Å². The summed E-state index contributed by atoms with van der Waals surface area (Å²) in [5, 5.41) is 9.55. The Morgan fingerprint density at radius 2 is 1.94 bits per heavy atom. The SMILES string of the molecule is COc1ccc2ncc3c(-c4ccc(F)cc4)nn(CC(=O)NC4CCCC4)c3c2c1. The third kappa shape index (κ3) is 3.71. The molecule has 4 aromatic rings. The Labute approximate surface area is 179 Å². The molecule has 158 valence electrons. The van der Waals surface area contributed by atoms with Crippen LogP contribution in [0.5, 0.6) is 5.75 Å². The predicted molar refractivity (Wildman–Crippen MR) is 117 cm³/mol. The standard InChI is InChI=1S/C24H23FN4O2/c1-31-18-10-11-21-19(12-18)24-20(13-26-21)23(15-6-8-16(25)9-7-15)28-29(24)14-22(30)27-17-4-2-3-5-17/h6-13,17H,2-5,14H2,1H3,(H,27,30). The fourth-order valence-electron chi connectivity index (χ4n) is 4.38. The number of amides is 1. The van der Waals surface area contributed by atoms with Crippen LogP contribution in [0.2, 0.25) is 0 Å². The second kappa shape index (κ2) is 7.98. The molecule has 2 aromatic carbocycles. The number of hydrogen-bond acceptors (Lipinski definition) is 4. The summed E-state index contributed by atoms with van der Waals surface area (Å²) in [7, 11) is 1.62. The minimum absolute atomic E-state index is 0.0604. The Morgan fingerprint density at radius 1 is 1.16 bits per heavy atom. The third-order valence-electron chi connectivity index (χ3n) is 5.91. The maximum Gasteiger partial charge on any atom is 0.241 e. The van der Waals surface area contributed by atoms with Crippen LogP contribution in [0.3, 0.4) is 0 Å². The summed E-state index contributed by atoms with van der Waals surface area (Å²) in [6.45, 7) is 0.102. The zero-order valence-corrected chi connectivity index (χ0v) is 17.3. The lowest BCUT2D eigenvalue weighted by molar-refractivity contribution is -0.122. The van der Waals surface area contributed by atoms with Crippen LogP contribution in [0.1, 0.15) is 25.7 Å². The van der Waals surface area contributed by atoms with Crippen molar-refractivity contribution in [2.24, 2.45) is 0 Å². The highest BCUT2D eigenvalue weighted by Crippen LogP contribution is 2.33. The molecule has 0 saturated heterocycles. The van der Waals surface area contributed by atoms with E-state index in [1.54, 1.807) is 30.1 Å². The largest absolute Gasteiger partial charge is 0.497 e. The van der Waals surface area contributed by atoms with E-state index in [2.05, 4.69) is 10.3 Å². The van der Waals surface area contributed by atoms with E-state index in [9.17, 15) is 9.18 Å². The molecule has 1 N–H and O–H groups in total. The number of carbonyl (C=O) groups is 1. The zero-order valence-electron chi connectivity index (χ0n) is 17.3. The van der Waals surface area contributed by atoms with Gasteiger partial charge in [-0.3, -0.25) is 14.5 Å². The van der Waals surface area contributed by atoms with Gasteiger partial charge in [-0.1, -0.05) is 12.8 Å². The van der Waals surface area contributed by atoms with Gasteiger partial charge in [-0.05, 0) is 55.3 Å². The Bertz CT molecular complexity index is 1260. The van der Waals surface area contributed by atoms with Crippen LogP contribution in [0, 0.1) is 5.82 Å². The Kier molecular flexibility index (Phi) is 5.02. The monoisotopic (exact) mass is 418 g/mol. The number of nitrogens with one attached hydrogen (secondary N) is 1. The van der Waals surface area contributed by atoms with Crippen LogP contribution in [-0.2, 0) is 11.3 Å². The Morgan fingerprint density at radius 3 is 2.68 bits per heavy atom. The molecule has 31 heavy (non-hydrogen) atoms. The molecule has 7 heteroatoms. The summed E-state index contributed by atoms with van der Waals surface area (Å²) in [6.07, 6.45) is 6.12. The molecule has 1 amide bonds. The first-order valence-corrected chi connectivity index (χ1v) is 10.5. The van der Waals surface area contributed by atoms with E-state index in [1.807, 2.05) is 18.2 Å². The molecule has 0 spiro atoms. The molecular weight excluding hydrogens is 395 g/mol. The van der Waals surface area contributed by atoms with Gasteiger partial charge < -0.3 is 10.1 Å². The molecule has 0 radical (unpaired) electrons. The van der Waals surface area contributed by atoms with E-state index >= 15 is 0 Å². The summed E-state index contributed by atoms with van der Waals surface area (Å²) in [5.74, 6) is 0.333. The fourth-order valence-corrected chi connectivity index (χ4v) is 4.38. The number of hydrogen-bond donors (Lipinski definition) is 1. The van der Waals surface area contributed by atoms with Crippen molar-refractivity contribution in [3.05, 3.63) is 54.5 Å². The summed E-state index contributed by atoms with van der Waals surface area (Å²) in [6, 6.07) is 12.1. The summed E-state index contributed by atoms with van der Waals surface area (Å²) < 4.78 is 20.6. The molecule has 5 rings (SSSR count). The van der Waals surface area contributed by atoms with Crippen LogP contribution in [0.15, 0.2) is 48.7 Å². The molecular formula is C24H23FN4O2. The minimum atomic E-state index is -0.309. The smallest absolute Gasteiger partial charge is 0.241 e. The summed E-state index contributed by atoms with van der Waals surface area (Å²) in [5.41, 5.74) is 3.03. The van der Waals surface area contributed by atoms with Crippen LogP contribution < -0.4 is 10.1 Å². The average Bonchev–Trinajstić information content (AvgIpc) is 3.42. The second-order valence-electron chi connectivity index (χ2n) is 7.97. The highest BCUT2D eigenvalue weighted by Gasteiger charge is 2.21. The van der Waals surface area contributed by atoms with Crippen LogP contribution in [0.25, 0.3) is 33.1 Å². The number of pyridine rings is 1. The quantitative estimate of drug-likeness (QED) is 0.520. The number of ether oxygens (including phenoxy) is 1. The molecule has 6 nitrogen and oxygen atoms in total. The normalized spacial score (nSPS) is 14.4. The van der Waals surface area contributed by atoms with E-state index in [0.717, 1.165) is 53.1 Å². The molecule has 0 unspecified atom stereocenters. The first-order valence-electron chi connectivity index (χ1n) is 10.5. The van der Waals surface area contributed by atoms with Crippen molar-refractivity contribution in [2.45, 2.75) is 38.3 Å². The molecule has 0 bridgehead atoms. The summed E-state index contributed by atoms with van der Waals surface area (Å²) >= 11 is 0. The number of fused-ring (bicyclic) bond motifs is 3. The highest BCUT2D eigenvalue weighted by molar-refractivity contribution is 6.08. The Balaban J connectivity index is 1.65. The first-order chi connectivity index (χ1) is 15.1. The molecule has 1 aliphatic rings. The fraction of sp³-hybridized carbons (Fsp3) is 0.292. The average molecular weight is 418 g/mol. The predicted octanol–water partition coefficient (Wildman–Crippen LogP) is 4.46. The topological polar surface area (TPSA) is 69.0 Å². The van der Waals surface area contributed by atoms with Gasteiger partial charge in [0.25, 0.3) is 0 Å². The first kappa shape index (κ1) is 19.5. The molecule has 0 aliphatic heterocycles. The molecule has 2 aromatic heterocycles. The lowest BCUT2D eigenvalue weighted by Crippen LogP contribution is -2.35. The lowest BCUT2D eigenvalue weighted by Gasteiger charge is -2.12. The van der Waals surface area contributed by atoms with Gasteiger partial charge in [-0.2, -0.15) is 5.10 Å². The van der Waals surface area contributed by atoms with Gasteiger partial charge in [-0.25, -0.2) is 4.39 Å². The van der Waals surface area contributed by atoms with Gasteiger partial charge in [-0.15, -0.1) is 0 Å². The van der Waals surface area contributed by atoms with Crippen molar-refractivity contribution in [2.75, 3.05) is 7.11 Å². The van der Waals surface area contributed by atoms with Gasteiger partial charge in [0.05, 0.1) is 18.1 Å². The third-order valence-corrected chi connectivity index (χ3v) is 5.91. The van der Waals surface area contributed by atoms with Gasteiger partial charge in [0.15, 0.2) is 0 Å². The Hall–Kier alpha value is -3.48. The number of benzene rings is 2. The zero-order chi connectivity index (χ0) is 21.4. The number of methoxy groups -OCH3 is 1. The van der Waals surface area contributed by atoms with Crippen molar-refractivity contribution in [3.63, 3.8) is 0 Å². The van der Waals surface area contributed by atoms with Gasteiger partial charge in [0.2, 0.25) is 5.91 Å². The van der Waals surface area contributed by atoms with Crippen molar-refractivity contribution in [1.82, 2.24) is 20.1 Å². The van der Waals surface area contributed by atoms with E-state index in [4.69, 9.17) is 9.84 Å². The van der Waals surface area contributed by atoms with E-state index < -0.39 is 0 Å². The second-order valence-corrected chi connectivity index (χ2v) is 7.97. The number of halogens is 1. The van der Waals surface area contributed by atoms with Crippen LogP contribution in [-0.4, -0.2) is 33.8 Å². The van der Waals surface area contributed by atoms with Crippen molar-refractivity contribution < 1.29 is 13.9 Å². The molecule has 1 fully saturated rings. The number of aromatic nitrogens is 3. The molecule has 1 saturated carbocycles. The minimum Gasteiger partial charge on any atom is -0.497 e. The van der Waals surface area contributed by atoms with Gasteiger partial charge in [0, 0.05) is 28.6 Å². The van der Waals surface area contributed by atoms with Crippen molar-refractivity contribution in [3.8, 4) is 17.0 Å². The molecule has 1 aliphatic carbocycles. The van der Waals surface area contributed by atoms with Gasteiger partial charge >= 0.3 is 0 Å². The number of carbonyl (C=O) groups excluding carboxylic acids is 1. The van der Waals surface area contributed by atoms with E-state index in [-0.39, 0.29) is 24.3 Å². The maximum atomic E-state index is 13.5. The number of nitrogens with zero attached hydrogens (tertiary/aromatic N) is 3. The van der Waals surface area contributed by atoms with Crippen molar-refractivity contribution in [1.29, 1.82) is 0 Å². The van der Waals surface area contributed by atoms with Crippen molar-refractivity contribution >= 4 is 27.7 Å². The summed E-state index contributed by atoms with van der Waals surface area (Å²) in [4.78, 5) is 17.4. The molecule has 0 atom stereocenters. The lowest BCUT2D eigenvalue weighted by atomic mass is 10.1. The maximum absolute atomic E-state index is 13.5.